The van der Waals surface area contributed by atoms with Crippen LogP contribution in [0.3, 0.4) is 0 Å². The number of pyridine rings is 1. The average molecular weight is 386 g/mol. The summed E-state index contributed by atoms with van der Waals surface area (Å²) in [6.07, 6.45) is 1.76. The Morgan fingerprint density at radius 2 is 2.14 bits per heavy atom. The smallest absolute Gasteiger partial charge is 0.311 e. The lowest BCUT2D eigenvalue weighted by atomic mass is 10.3. The molecule has 0 fully saturated rings. The van der Waals surface area contributed by atoms with Crippen LogP contribution in [0.5, 0.6) is 0 Å². The van der Waals surface area contributed by atoms with E-state index < -0.39 is 4.92 Å². The molecule has 2 aromatic heterocycles. The number of hydrogen-bond donors (Lipinski definition) is 0. The summed E-state index contributed by atoms with van der Waals surface area (Å²) in [5.41, 5.74) is 0.0102. The van der Waals surface area contributed by atoms with Crippen LogP contribution in [0.15, 0.2) is 22.2 Å². The molecule has 2 aromatic rings. The molecule has 9 heteroatoms. The lowest BCUT2D eigenvalue weighted by Gasteiger charge is -2.22. The third-order valence-electron chi connectivity index (χ3n) is 3.05. The summed E-state index contributed by atoms with van der Waals surface area (Å²) in [6.45, 7) is 3.09. The first-order chi connectivity index (χ1) is 10.4. The van der Waals surface area contributed by atoms with E-state index in [1.165, 1.54) is 17.4 Å². The van der Waals surface area contributed by atoms with E-state index in [0.29, 0.717) is 24.7 Å². The first kappa shape index (κ1) is 16.6. The molecule has 0 unspecified atom stereocenters. The lowest BCUT2D eigenvalue weighted by molar-refractivity contribution is -0.384. The Hall–Kier alpha value is -1.74. The van der Waals surface area contributed by atoms with Crippen molar-refractivity contribution >= 4 is 44.6 Å². The topological polar surface area (TPSA) is 75.4 Å². The molecule has 0 aliphatic heterocycles. The maximum Gasteiger partial charge on any atom is 0.311 e. The highest BCUT2D eigenvalue weighted by Gasteiger charge is 2.22. The summed E-state index contributed by atoms with van der Waals surface area (Å²) in [4.78, 5) is 24.2. The van der Waals surface area contributed by atoms with Crippen LogP contribution in [-0.4, -0.2) is 35.5 Å². The zero-order chi connectivity index (χ0) is 16.3. The molecule has 7 nitrogen and oxygen atoms in total. The number of rotatable bonds is 6. The van der Waals surface area contributed by atoms with Crippen molar-refractivity contribution in [3.8, 4) is 0 Å². The van der Waals surface area contributed by atoms with Crippen molar-refractivity contribution in [3.05, 3.63) is 37.2 Å². The highest BCUT2D eigenvalue weighted by atomic mass is 79.9. The number of nitrogens with zero attached hydrogens (tertiary/aromatic N) is 5. The molecule has 0 amide bonds. The van der Waals surface area contributed by atoms with Gasteiger partial charge in [-0.15, -0.1) is 11.3 Å². The maximum atomic E-state index is 11.3. The quantitative estimate of drug-likeness (QED) is 0.560. The van der Waals surface area contributed by atoms with Crippen molar-refractivity contribution < 1.29 is 4.92 Å². The molecule has 0 radical (unpaired) electrons. The van der Waals surface area contributed by atoms with Gasteiger partial charge in [-0.3, -0.25) is 10.1 Å². The molecule has 0 bridgehead atoms. The van der Waals surface area contributed by atoms with E-state index in [1.807, 2.05) is 30.8 Å². The molecule has 0 aliphatic rings. The van der Waals surface area contributed by atoms with Gasteiger partial charge in [0.2, 0.25) is 5.82 Å². The second kappa shape index (κ2) is 7.01. The largest absolute Gasteiger partial charge is 0.363 e. The lowest BCUT2D eigenvalue weighted by Crippen LogP contribution is -2.24. The summed E-state index contributed by atoms with van der Waals surface area (Å²) in [6, 6.07) is 3.15. The fourth-order valence-electron chi connectivity index (χ4n) is 1.94. The van der Waals surface area contributed by atoms with Crippen molar-refractivity contribution in [2.75, 3.05) is 30.4 Å². The number of thiazole rings is 1. The molecule has 0 aliphatic carbocycles. The van der Waals surface area contributed by atoms with Gasteiger partial charge in [-0.1, -0.05) is 0 Å². The van der Waals surface area contributed by atoms with Crippen molar-refractivity contribution in [1.29, 1.82) is 0 Å². The monoisotopic (exact) mass is 385 g/mol. The van der Waals surface area contributed by atoms with Crippen molar-refractivity contribution in [2.24, 2.45) is 0 Å². The van der Waals surface area contributed by atoms with Crippen LogP contribution in [0.4, 0.5) is 17.3 Å². The predicted octanol–water partition coefficient (Wildman–Crippen LogP) is 3.30. The van der Waals surface area contributed by atoms with E-state index in [0.717, 1.165) is 8.79 Å². The van der Waals surface area contributed by atoms with Gasteiger partial charge in [0, 0.05) is 37.8 Å². The molecule has 2 rings (SSSR count). The average Bonchev–Trinajstić information content (AvgIpc) is 2.89. The third-order valence-corrected chi connectivity index (χ3v) is 4.51. The zero-order valence-electron chi connectivity index (χ0n) is 12.5. The molecular weight excluding hydrogens is 370 g/mol. The molecule has 0 atom stereocenters. The summed E-state index contributed by atoms with van der Waals surface area (Å²) in [7, 11) is 3.71. The van der Waals surface area contributed by atoms with Gasteiger partial charge in [-0.25, -0.2) is 9.97 Å². The summed E-state index contributed by atoms with van der Waals surface area (Å²) in [5, 5.41) is 11.3. The highest BCUT2D eigenvalue weighted by molar-refractivity contribution is 9.11. The van der Waals surface area contributed by atoms with Gasteiger partial charge >= 0.3 is 5.69 Å². The van der Waals surface area contributed by atoms with Gasteiger partial charge in [0.15, 0.2) is 3.92 Å². The van der Waals surface area contributed by atoms with E-state index in [-0.39, 0.29) is 5.69 Å². The first-order valence-electron chi connectivity index (χ1n) is 6.60. The minimum absolute atomic E-state index is 0.0102. The number of hydrogen-bond acceptors (Lipinski definition) is 7. The van der Waals surface area contributed by atoms with Gasteiger partial charge in [0.1, 0.15) is 5.82 Å². The molecule has 0 aromatic carbocycles. The van der Waals surface area contributed by atoms with Gasteiger partial charge < -0.3 is 9.80 Å². The fourth-order valence-corrected chi connectivity index (χ4v) is 3.31. The van der Waals surface area contributed by atoms with Gasteiger partial charge in [-0.2, -0.15) is 0 Å². The number of halogens is 1. The second-order valence-electron chi connectivity index (χ2n) is 4.76. The fraction of sp³-hybridized carbons (Fsp3) is 0.385. The standard InChI is InChI=1S/C13H16BrN5O2S/c1-4-18(8-9-7-15-13(14)22-9)12-10(19(20)21)5-6-11(16-12)17(2)3/h5-7H,4,8H2,1-3H3. The minimum Gasteiger partial charge on any atom is -0.363 e. The minimum atomic E-state index is -0.396. The first-order valence-corrected chi connectivity index (χ1v) is 8.21. The van der Waals surface area contributed by atoms with Gasteiger partial charge in [-0.05, 0) is 28.9 Å². The Labute approximate surface area is 140 Å². The zero-order valence-corrected chi connectivity index (χ0v) is 14.9. The van der Waals surface area contributed by atoms with Gasteiger partial charge in [0.05, 0.1) is 11.5 Å². The Kier molecular flexibility index (Phi) is 5.30. The Morgan fingerprint density at radius 1 is 1.41 bits per heavy atom. The number of aromatic nitrogens is 2. The predicted molar refractivity (Wildman–Crippen MR) is 91.8 cm³/mol. The van der Waals surface area contributed by atoms with Crippen LogP contribution in [0.25, 0.3) is 0 Å². The van der Waals surface area contributed by atoms with Crippen molar-refractivity contribution in [2.45, 2.75) is 13.5 Å². The summed E-state index contributed by atoms with van der Waals surface area (Å²) >= 11 is 4.83. The van der Waals surface area contributed by atoms with Crippen LogP contribution in [0.1, 0.15) is 11.8 Å². The second-order valence-corrected chi connectivity index (χ2v) is 7.15. The molecule has 0 N–H and O–H groups in total. The molecule has 0 spiro atoms. The molecular formula is C13H16BrN5O2S. The summed E-state index contributed by atoms with van der Waals surface area (Å²) < 4.78 is 0.794. The van der Waals surface area contributed by atoms with Gasteiger partial charge in [0.25, 0.3) is 0 Å². The highest BCUT2D eigenvalue weighted by Crippen LogP contribution is 2.30. The van der Waals surface area contributed by atoms with E-state index in [9.17, 15) is 10.1 Å². The van der Waals surface area contributed by atoms with Crippen molar-refractivity contribution in [1.82, 2.24) is 9.97 Å². The SMILES string of the molecule is CCN(Cc1cnc(Br)s1)c1nc(N(C)C)ccc1[N+](=O)[O-]. The third kappa shape index (κ3) is 3.72. The van der Waals surface area contributed by atoms with Crippen LogP contribution < -0.4 is 9.80 Å². The Bertz CT molecular complexity index is 676. The molecule has 0 saturated heterocycles. The molecule has 22 heavy (non-hydrogen) atoms. The number of nitro groups is 1. The van der Waals surface area contributed by atoms with Crippen LogP contribution in [0.2, 0.25) is 0 Å². The normalized spacial score (nSPS) is 10.5. The molecule has 0 saturated carbocycles. The van der Waals surface area contributed by atoms with E-state index in [1.54, 1.807) is 12.3 Å². The van der Waals surface area contributed by atoms with Crippen LogP contribution in [-0.2, 0) is 6.54 Å². The molecule has 118 valence electrons. The maximum absolute atomic E-state index is 11.3. The van der Waals surface area contributed by atoms with Crippen LogP contribution >= 0.6 is 27.3 Å². The van der Waals surface area contributed by atoms with E-state index in [4.69, 9.17) is 0 Å². The summed E-state index contributed by atoms with van der Waals surface area (Å²) in [5.74, 6) is 1.06. The molecule has 2 heterocycles. The van der Waals surface area contributed by atoms with Crippen LogP contribution in [0, 0.1) is 10.1 Å². The van der Waals surface area contributed by atoms with E-state index >= 15 is 0 Å². The number of anilines is 2. The Balaban J connectivity index is 2.41. The van der Waals surface area contributed by atoms with Crippen molar-refractivity contribution in [3.63, 3.8) is 0 Å². The van der Waals surface area contributed by atoms with E-state index in [2.05, 4.69) is 25.9 Å². The Morgan fingerprint density at radius 3 is 2.64 bits per heavy atom.